The molecule has 1 aliphatic carbocycles. The fraction of sp³-hybridized carbons (Fsp3) is 1.00. The van der Waals surface area contributed by atoms with E-state index in [2.05, 4.69) is 34.6 Å². The van der Waals surface area contributed by atoms with E-state index < -0.39 is 0 Å². The lowest BCUT2D eigenvalue weighted by Crippen LogP contribution is -2.50. The van der Waals surface area contributed by atoms with Gasteiger partial charge in [0.25, 0.3) is 0 Å². The summed E-state index contributed by atoms with van der Waals surface area (Å²) in [5, 5.41) is 0. The molecule has 3 unspecified atom stereocenters. The molecular weight excluding hydrogens is 292 g/mol. The third kappa shape index (κ3) is 6.33. The summed E-state index contributed by atoms with van der Waals surface area (Å²) in [4.78, 5) is 23.2. The van der Waals surface area contributed by atoms with Gasteiger partial charge in [-0.05, 0) is 64.7 Å². The molecule has 1 fully saturated rings. The van der Waals surface area contributed by atoms with E-state index in [1.807, 2.05) is 27.7 Å². The molecule has 0 aromatic rings. The summed E-state index contributed by atoms with van der Waals surface area (Å²) in [6.45, 7) is 19.0. The standard InChI is InChI=1S/C19H38O4/c1-10-18(6,7)22-20-15-12-14(3)13-17(4,5)16(15)21-23-19(8,9)11-2/h14-16H,10-13H2,1-9H3. The molecule has 0 aromatic carbocycles. The fourth-order valence-corrected chi connectivity index (χ4v) is 2.89. The Labute approximate surface area is 143 Å². The first-order valence-electron chi connectivity index (χ1n) is 9.11. The van der Waals surface area contributed by atoms with E-state index >= 15 is 0 Å². The molecule has 0 heterocycles. The van der Waals surface area contributed by atoms with Crippen LogP contribution in [0.25, 0.3) is 0 Å². The van der Waals surface area contributed by atoms with Crippen molar-refractivity contribution in [1.29, 1.82) is 0 Å². The van der Waals surface area contributed by atoms with Crippen LogP contribution in [0.4, 0.5) is 0 Å². The summed E-state index contributed by atoms with van der Waals surface area (Å²) in [6, 6.07) is 0. The molecule has 0 aromatic heterocycles. The van der Waals surface area contributed by atoms with Crippen molar-refractivity contribution in [2.45, 2.75) is 111 Å². The van der Waals surface area contributed by atoms with E-state index in [0.29, 0.717) is 5.92 Å². The molecule has 0 radical (unpaired) electrons. The minimum Gasteiger partial charge on any atom is -0.230 e. The highest BCUT2D eigenvalue weighted by molar-refractivity contribution is 4.92. The second-order valence-electron chi connectivity index (χ2n) is 9.08. The first kappa shape index (κ1) is 20.9. The minimum absolute atomic E-state index is 0.0220. The van der Waals surface area contributed by atoms with Crippen LogP contribution in [0.15, 0.2) is 0 Å². The average Bonchev–Trinajstić information content (AvgIpc) is 2.43. The molecule has 4 nitrogen and oxygen atoms in total. The maximum Gasteiger partial charge on any atom is 0.127 e. The maximum absolute atomic E-state index is 5.91. The Hall–Kier alpha value is -0.160. The molecule has 0 bridgehead atoms. The van der Waals surface area contributed by atoms with Crippen LogP contribution in [0, 0.1) is 11.3 Å². The van der Waals surface area contributed by atoms with Crippen LogP contribution in [0.2, 0.25) is 0 Å². The van der Waals surface area contributed by atoms with Crippen LogP contribution in [0.1, 0.15) is 88.0 Å². The zero-order chi connectivity index (χ0) is 17.9. The largest absolute Gasteiger partial charge is 0.230 e. The molecule has 1 aliphatic rings. The number of hydrogen-bond acceptors (Lipinski definition) is 4. The summed E-state index contributed by atoms with van der Waals surface area (Å²) in [7, 11) is 0. The van der Waals surface area contributed by atoms with Gasteiger partial charge in [0.1, 0.15) is 12.2 Å². The van der Waals surface area contributed by atoms with E-state index in [4.69, 9.17) is 19.6 Å². The highest BCUT2D eigenvalue weighted by atomic mass is 17.2. The molecule has 138 valence electrons. The van der Waals surface area contributed by atoms with Crippen LogP contribution >= 0.6 is 0 Å². The zero-order valence-corrected chi connectivity index (χ0v) is 16.7. The van der Waals surface area contributed by atoms with Crippen molar-refractivity contribution in [3.63, 3.8) is 0 Å². The van der Waals surface area contributed by atoms with Crippen molar-refractivity contribution in [3.05, 3.63) is 0 Å². The lowest BCUT2D eigenvalue weighted by atomic mass is 9.69. The SMILES string of the molecule is CCC(C)(C)OOC1CC(C)CC(C)(C)C1OOC(C)(C)CC. The van der Waals surface area contributed by atoms with E-state index in [0.717, 1.165) is 25.7 Å². The summed E-state index contributed by atoms with van der Waals surface area (Å²) >= 11 is 0. The van der Waals surface area contributed by atoms with Gasteiger partial charge in [-0.2, -0.15) is 0 Å². The van der Waals surface area contributed by atoms with Gasteiger partial charge in [0.15, 0.2) is 0 Å². The molecule has 0 saturated heterocycles. The molecule has 0 aliphatic heterocycles. The topological polar surface area (TPSA) is 36.9 Å². The monoisotopic (exact) mass is 330 g/mol. The summed E-state index contributed by atoms with van der Waals surface area (Å²) in [5.74, 6) is 0.572. The van der Waals surface area contributed by atoms with Gasteiger partial charge >= 0.3 is 0 Å². The van der Waals surface area contributed by atoms with Crippen molar-refractivity contribution in [2.75, 3.05) is 0 Å². The first-order chi connectivity index (χ1) is 10.4. The smallest absolute Gasteiger partial charge is 0.127 e. The zero-order valence-electron chi connectivity index (χ0n) is 16.7. The third-order valence-electron chi connectivity index (χ3n) is 5.09. The minimum atomic E-state index is -0.298. The van der Waals surface area contributed by atoms with Gasteiger partial charge in [0.05, 0.1) is 11.2 Å². The fourth-order valence-electron chi connectivity index (χ4n) is 2.89. The van der Waals surface area contributed by atoms with E-state index in [1.165, 1.54) is 0 Å². The Bertz CT molecular complexity index is 362. The van der Waals surface area contributed by atoms with Gasteiger partial charge in [-0.15, -0.1) is 0 Å². The molecule has 0 amide bonds. The van der Waals surface area contributed by atoms with Gasteiger partial charge in [-0.3, -0.25) is 0 Å². The highest BCUT2D eigenvalue weighted by Crippen LogP contribution is 2.43. The van der Waals surface area contributed by atoms with E-state index in [-0.39, 0.29) is 28.8 Å². The second kappa shape index (κ2) is 7.81. The van der Waals surface area contributed by atoms with Crippen LogP contribution in [0.5, 0.6) is 0 Å². The van der Waals surface area contributed by atoms with Crippen molar-refractivity contribution < 1.29 is 19.6 Å². The third-order valence-corrected chi connectivity index (χ3v) is 5.09. The van der Waals surface area contributed by atoms with Crippen molar-refractivity contribution in [3.8, 4) is 0 Å². The van der Waals surface area contributed by atoms with E-state index in [1.54, 1.807) is 0 Å². The average molecular weight is 331 g/mol. The predicted octanol–water partition coefficient (Wildman–Crippen LogP) is 5.45. The first-order valence-corrected chi connectivity index (χ1v) is 9.11. The van der Waals surface area contributed by atoms with Gasteiger partial charge in [-0.1, -0.05) is 34.6 Å². The number of hydrogen-bond donors (Lipinski definition) is 0. The van der Waals surface area contributed by atoms with Crippen LogP contribution in [-0.4, -0.2) is 23.4 Å². The summed E-state index contributed by atoms with van der Waals surface area (Å²) in [6.07, 6.45) is 3.53. The molecule has 0 N–H and O–H groups in total. The molecule has 4 heteroatoms. The lowest BCUT2D eigenvalue weighted by molar-refractivity contribution is -0.451. The molecule has 1 rings (SSSR count). The predicted molar refractivity (Wildman–Crippen MR) is 92.8 cm³/mol. The Morgan fingerprint density at radius 2 is 1.39 bits per heavy atom. The summed E-state index contributed by atoms with van der Waals surface area (Å²) in [5.41, 5.74) is -0.613. The van der Waals surface area contributed by atoms with Crippen LogP contribution < -0.4 is 0 Å². The second-order valence-corrected chi connectivity index (χ2v) is 9.08. The lowest BCUT2D eigenvalue weighted by Gasteiger charge is -2.45. The van der Waals surface area contributed by atoms with Crippen LogP contribution in [0.3, 0.4) is 0 Å². The van der Waals surface area contributed by atoms with Crippen LogP contribution in [-0.2, 0) is 19.6 Å². The van der Waals surface area contributed by atoms with E-state index in [9.17, 15) is 0 Å². The molecule has 0 spiro atoms. The Kier molecular flexibility index (Phi) is 7.10. The molecule has 1 saturated carbocycles. The molecule has 3 atom stereocenters. The Morgan fingerprint density at radius 3 is 1.87 bits per heavy atom. The normalized spacial score (nSPS) is 28.8. The summed E-state index contributed by atoms with van der Waals surface area (Å²) < 4.78 is 0. The van der Waals surface area contributed by atoms with Crippen molar-refractivity contribution in [1.82, 2.24) is 0 Å². The number of rotatable bonds is 8. The van der Waals surface area contributed by atoms with Gasteiger partial charge in [-0.25, -0.2) is 19.6 Å². The Balaban J connectivity index is 2.80. The van der Waals surface area contributed by atoms with Gasteiger partial charge < -0.3 is 0 Å². The highest BCUT2D eigenvalue weighted by Gasteiger charge is 2.46. The van der Waals surface area contributed by atoms with Crippen molar-refractivity contribution >= 4 is 0 Å². The van der Waals surface area contributed by atoms with Gasteiger partial charge in [0.2, 0.25) is 0 Å². The molecular formula is C19H38O4. The maximum atomic E-state index is 5.91. The molecule has 23 heavy (non-hydrogen) atoms. The Morgan fingerprint density at radius 1 is 0.913 bits per heavy atom. The quantitative estimate of drug-likeness (QED) is 0.438. The van der Waals surface area contributed by atoms with Gasteiger partial charge in [0, 0.05) is 0 Å². The van der Waals surface area contributed by atoms with Crippen molar-refractivity contribution in [2.24, 2.45) is 11.3 Å².